The predicted octanol–water partition coefficient (Wildman–Crippen LogP) is 4.72. The van der Waals surface area contributed by atoms with E-state index < -0.39 is 12.1 Å². The Balaban J connectivity index is 1.66. The molecule has 1 heterocycles. The minimum atomic E-state index is -0.703. The maximum Gasteiger partial charge on any atom is 0.331 e. The van der Waals surface area contributed by atoms with E-state index in [0.717, 1.165) is 5.56 Å². The van der Waals surface area contributed by atoms with E-state index in [4.69, 9.17) is 30.2 Å². The quantitative estimate of drug-likeness (QED) is 0.408. The monoisotopic (exact) mass is 414 g/mol. The predicted molar refractivity (Wildman–Crippen MR) is 108 cm³/mol. The smallest absolute Gasteiger partial charge is 0.331 e. The molecule has 3 aromatic rings. The molecule has 0 aliphatic heterocycles. The second-order valence-electron chi connectivity index (χ2n) is 5.96. The van der Waals surface area contributed by atoms with Gasteiger partial charge >= 0.3 is 5.97 Å². The van der Waals surface area contributed by atoms with Crippen LogP contribution in [0, 0.1) is 0 Å². The van der Waals surface area contributed by atoms with Gasteiger partial charge in [0.2, 0.25) is 5.89 Å². The van der Waals surface area contributed by atoms with E-state index >= 15 is 0 Å². The lowest BCUT2D eigenvalue weighted by molar-refractivity contribution is -0.143. The zero-order chi connectivity index (χ0) is 20.8. The van der Waals surface area contributed by atoms with Gasteiger partial charge in [-0.25, -0.2) is 4.79 Å². The number of halogens is 1. The third-order valence-corrected chi connectivity index (χ3v) is 4.25. The average Bonchev–Trinajstić information content (AvgIpc) is 3.23. The molecule has 3 rings (SSSR count). The normalized spacial score (nSPS) is 12.0. The molecule has 0 fully saturated rings. The molecule has 2 aromatic carbocycles. The van der Waals surface area contributed by atoms with Crippen LogP contribution in [0.5, 0.6) is 11.5 Å². The van der Waals surface area contributed by atoms with Crippen LogP contribution in [0.15, 0.2) is 53.0 Å². The number of nitrogens with zero attached hydrogens (tertiary/aromatic N) is 2. The summed E-state index contributed by atoms with van der Waals surface area (Å²) in [6.45, 7) is 1.65. The fraction of sp³-hybridized carbons (Fsp3) is 0.190. The Hall–Kier alpha value is -3.32. The van der Waals surface area contributed by atoms with Crippen LogP contribution in [0.4, 0.5) is 0 Å². The van der Waals surface area contributed by atoms with Gasteiger partial charge in [0.15, 0.2) is 17.6 Å². The van der Waals surface area contributed by atoms with E-state index in [1.54, 1.807) is 25.1 Å². The maximum atomic E-state index is 12.2. The molecule has 1 aromatic heterocycles. The Morgan fingerprint density at radius 1 is 1.14 bits per heavy atom. The van der Waals surface area contributed by atoms with Crippen molar-refractivity contribution in [2.75, 3.05) is 14.2 Å². The molecule has 1 atom stereocenters. The van der Waals surface area contributed by atoms with Gasteiger partial charge < -0.3 is 18.6 Å². The highest BCUT2D eigenvalue weighted by Crippen LogP contribution is 2.36. The van der Waals surface area contributed by atoms with E-state index in [9.17, 15) is 4.79 Å². The number of benzene rings is 2. The molecule has 0 saturated heterocycles. The van der Waals surface area contributed by atoms with Gasteiger partial charge in [-0.2, -0.15) is 0 Å². The van der Waals surface area contributed by atoms with Gasteiger partial charge in [-0.15, -0.1) is 10.2 Å². The van der Waals surface area contributed by atoms with Crippen molar-refractivity contribution in [3.63, 3.8) is 0 Å². The summed E-state index contributed by atoms with van der Waals surface area (Å²) < 4.78 is 21.3. The average molecular weight is 415 g/mol. The first-order valence-electron chi connectivity index (χ1n) is 8.71. The molecule has 0 N–H and O–H groups in total. The van der Waals surface area contributed by atoms with Crippen molar-refractivity contribution in [2.24, 2.45) is 0 Å². The zero-order valence-electron chi connectivity index (χ0n) is 16.1. The van der Waals surface area contributed by atoms with Gasteiger partial charge in [0, 0.05) is 11.6 Å². The van der Waals surface area contributed by atoms with Gasteiger partial charge in [-0.1, -0.05) is 29.8 Å². The van der Waals surface area contributed by atoms with Crippen LogP contribution in [-0.4, -0.2) is 30.4 Å². The van der Waals surface area contributed by atoms with E-state index in [1.807, 2.05) is 30.3 Å². The highest BCUT2D eigenvalue weighted by molar-refractivity contribution is 6.32. The Bertz CT molecular complexity index is 1020. The molecule has 0 amide bonds. The van der Waals surface area contributed by atoms with Crippen LogP contribution in [0.3, 0.4) is 0 Å². The number of esters is 1. The minimum absolute atomic E-state index is 0.208. The molecule has 0 saturated carbocycles. The summed E-state index contributed by atoms with van der Waals surface area (Å²) in [6.07, 6.45) is 2.14. The number of carbonyl (C=O) groups is 1. The first-order valence-corrected chi connectivity index (χ1v) is 9.08. The van der Waals surface area contributed by atoms with Gasteiger partial charge in [0.25, 0.3) is 5.89 Å². The molecule has 0 radical (unpaired) electrons. The number of aromatic nitrogens is 2. The van der Waals surface area contributed by atoms with Crippen molar-refractivity contribution in [1.82, 2.24) is 10.2 Å². The molecule has 0 aliphatic carbocycles. The van der Waals surface area contributed by atoms with Gasteiger partial charge in [0.05, 0.1) is 19.2 Å². The molecule has 29 heavy (non-hydrogen) atoms. The highest BCUT2D eigenvalue weighted by Gasteiger charge is 2.18. The fourth-order valence-electron chi connectivity index (χ4n) is 2.56. The van der Waals surface area contributed by atoms with Crippen LogP contribution in [0.1, 0.15) is 24.5 Å². The largest absolute Gasteiger partial charge is 0.493 e. The van der Waals surface area contributed by atoms with Crippen molar-refractivity contribution in [2.45, 2.75) is 13.0 Å². The Labute approximate surface area is 172 Å². The van der Waals surface area contributed by atoms with Crippen LogP contribution < -0.4 is 9.47 Å². The lowest BCUT2D eigenvalue weighted by Crippen LogP contribution is -2.06. The first-order chi connectivity index (χ1) is 14.0. The zero-order valence-corrected chi connectivity index (χ0v) is 16.8. The highest BCUT2D eigenvalue weighted by atomic mass is 35.5. The SMILES string of the molecule is COc1cc(/C=C/C(=O)O[C@H](C)c2nnc(-c3ccccc3)o2)cc(Cl)c1OC. The van der Waals surface area contributed by atoms with Crippen LogP contribution in [-0.2, 0) is 9.53 Å². The summed E-state index contributed by atoms with van der Waals surface area (Å²) in [4.78, 5) is 12.2. The van der Waals surface area contributed by atoms with Gasteiger partial charge in [-0.05, 0) is 42.8 Å². The molecule has 0 bridgehead atoms. The summed E-state index contributed by atoms with van der Waals surface area (Å²) >= 11 is 6.16. The van der Waals surface area contributed by atoms with E-state index in [-0.39, 0.29) is 5.89 Å². The third-order valence-electron chi connectivity index (χ3n) is 3.97. The summed E-state index contributed by atoms with van der Waals surface area (Å²) in [5.74, 6) is 0.885. The molecule has 0 spiro atoms. The van der Waals surface area contributed by atoms with E-state index in [1.165, 1.54) is 20.3 Å². The molecular formula is C21H19ClN2O5. The molecule has 8 heteroatoms. The number of carbonyl (C=O) groups excluding carboxylic acids is 1. The summed E-state index contributed by atoms with van der Waals surface area (Å²) in [6, 6.07) is 12.7. The van der Waals surface area contributed by atoms with Crippen molar-refractivity contribution in [3.05, 3.63) is 65.0 Å². The van der Waals surface area contributed by atoms with Crippen LogP contribution >= 0.6 is 11.6 Å². The standard InChI is InChI=1S/C21H19ClN2O5/c1-13(20-23-24-21(29-20)15-7-5-4-6-8-15)28-18(25)10-9-14-11-16(22)19(27-3)17(12-14)26-2/h4-13H,1-3H3/b10-9+/t13-/m1/s1. The van der Waals surface area contributed by atoms with E-state index in [2.05, 4.69) is 10.2 Å². The summed E-state index contributed by atoms with van der Waals surface area (Å²) in [7, 11) is 3.00. The number of rotatable bonds is 7. The molecule has 150 valence electrons. The van der Waals surface area contributed by atoms with Gasteiger partial charge in [-0.3, -0.25) is 0 Å². The third kappa shape index (κ3) is 4.94. The molecule has 0 aliphatic rings. The lowest BCUT2D eigenvalue weighted by atomic mass is 10.2. The molecule has 0 unspecified atom stereocenters. The second-order valence-corrected chi connectivity index (χ2v) is 6.37. The Morgan fingerprint density at radius 3 is 2.59 bits per heavy atom. The molecule has 7 nitrogen and oxygen atoms in total. The number of hydrogen-bond acceptors (Lipinski definition) is 7. The first kappa shape index (κ1) is 20.4. The number of methoxy groups -OCH3 is 2. The number of hydrogen-bond donors (Lipinski definition) is 0. The van der Waals surface area contributed by atoms with Crippen molar-refractivity contribution >= 4 is 23.6 Å². The summed E-state index contributed by atoms with van der Waals surface area (Å²) in [5.41, 5.74) is 1.44. The fourth-order valence-corrected chi connectivity index (χ4v) is 2.85. The van der Waals surface area contributed by atoms with Crippen LogP contribution in [0.2, 0.25) is 5.02 Å². The van der Waals surface area contributed by atoms with Crippen molar-refractivity contribution in [1.29, 1.82) is 0 Å². The Morgan fingerprint density at radius 2 is 1.90 bits per heavy atom. The van der Waals surface area contributed by atoms with Crippen molar-refractivity contribution in [3.8, 4) is 23.0 Å². The number of ether oxygens (including phenoxy) is 3. The van der Waals surface area contributed by atoms with Gasteiger partial charge in [0.1, 0.15) is 0 Å². The Kier molecular flexibility index (Phi) is 6.51. The minimum Gasteiger partial charge on any atom is -0.493 e. The maximum absolute atomic E-state index is 12.2. The summed E-state index contributed by atoms with van der Waals surface area (Å²) in [5, 5.41) is 8.31. The second kappa shape index (κ2) is 9.25. The lowest BCUT2D eigenvalue weighted by Gasteiger charge is -2.10. The van der Waals surface area contributed by atoms with Crippen molar-refractivity contribution < 1.29 is 23.4 Å². The molecular weight excluding hydrogens is 396 g/mol. The van der Waals surface area contributed by atoms with Crippen LogP contribution in [0.25, 0.3) is 17.5 Å². The topological polar surface area (TPSA) is 83.7 Å². The van der Waals surface area contributed by atoms with E-state index in [0.29, 0.717) is 28.0 Å².